The fourth-order valence-corrected chi connectivity index (χ4v) is 3.78. The number of hydrogen-bond acceptors (Lipinski definition) is 2. The van der Waals surface area contributed by atoms with E-state index in [9.17, 15) is 13.6 Å². The van der Waals surface area contributed by atoms with Crippen molar-refractivity contribution in [2.45, 2.75) is 25.3 Å². The summed E-state index contributed by atoms with van der Waals surface area (Å²) in [5.74, 6) is -2.27. The number of carbonyl (C=O) groups excluding carboxylic acids is 1. The topological polar surface area (TPSA) is 44.9 Å². The normalized spacial score (nSPS) is 18.2. The fraction of sp³-hybridized carbons (Fsp3) is 0.190. The Kier molecular flexibility index (Phi) is 3.68. The van der Waals surface area contributed by atoms with Gasteiger partial charge in [0.2, 0.25) is 0 Å². The Morgan fingerprint density at radius 2 is 1.85 bits per heavy atom. The second-order valence-electron chi connectivity index (χ2n) is 7.11. The molecule has 0 aliphatic carbocycles. The number of nitrogens with one attached hydrogen (secondary N) is 2. The number of H-pyrrole nitrogens is 1. The molecular formula is C21H18F2N2O. The van der Waals surface area contributed by atoms with E-state index in [1.807, 2.05) is 44.2 Å². The van der Waals surface area contributed by atoms with Gasteiger partial charge in [0.05, 0.1) is 6.04 Å². The van der Waals surface area contributed by atoms with E-state index >= 15 is 0 Å². The van der Waals surface area contributed by atoms with Crippen LogP contribution in [0.1, 0.15) is 35.5 Å². The summed E-state index contributed by atoms with van der Waals surface area (Å²) in [5.41, 5.74) is 2.52. The molecule has 3 nitrogen and oxygen atoms in total. The molecule has 26 heavy (non-hydrogen) atoms. The Hall–Kier alpha value is -2.95. The van der Waals surface area contributed by atoms with Crippen molar-refractivity contribution in [3.63, 3.8) is 0 Å². The Balaban J connectivity index is 1.84. The van der Waals surface area contributed by atoms with Gasteiger partial charge in [-0.15, -0.1) is 0 Å². The molecule has 1 aliphatic rings. The maximum atomic E-state index is 13.6. The lowest BCUT2D eigenvalue weighted by Crippen LogP contribution is -2.48. The molecule has 1 aliphatic heterocycles. The summed E-state index contributed by atoms with van der Waals surface area (Å²) >= 11 is 0. The zero-order valence-corrected chi connectivity index (χ0v) is 14.4. The highest BCUT2D eigenvalue weighted by Gasteiger charge is 2.40. The van der Waals surface area contributed by atoms with E-state index in [-0.39, 0.29) is 11.3 Å². The van der Waals surface area contributed by atoms with Crippen LogP contribution in [0.5, 0.6) is 0 Å². The van der Waals surface area contributed by atoms with Crippen LogP contribution >= 0.6 is 0 Å². The van der Waals surface area contributed by atoms with E-state index < -0.39 is 23.1 Å². The summed E-state index contributed by atoms with van der Waals surface area (Å²) in [6.45, 7) is 3.96. The van der Waals surface area contributed by atoms with Crippen molar-refractivity contribution in [2.75, 3.05) is 0 Å². The van der Waals surface area contributed by atoms with Crippen LogP contribution in [-0.4, -0.2) is 16.8 Å². The smallest absolute Gasteiger partial charge is 0.185 e. The SMILES string of the molecule is CC1(C)c2c([nH]c3ccccc23)C=CNC1C(=O)c1ccc(F)c(F)c1. The van der Waals surface area contributed by atoms with E-state index in [2.05, 4.69) is 10.3 Å². The molecule has 0 amide bonds. The monoisotopic (exact) mass is 352 g/mol. The van der Waals surface area contributed by atoms with Crippen LogP contribution in [0.15, 0.2) is 48.7 Å². The van der Waals surface area contributed by atoms with E-state index in [4.69, 9.17) is 0 Å². The van der Waals surface area contributed by atoms with Crippen LogP contribution in [-0.2, 0) is 5.41 Å². The highest BCUT2D eigenvalue weighted by Crippen LogP contribution is 2.39. The number of halogens is 2. The number of aromatic amines is 1. The van der Waals surface area contributed by atoms with Gasteiger partial charge in [0.1, 0.15) is 0 Å². The number of fused-ring (bicyclic) bond motifs is 3. The number of ketones is 1. The number of rotatable bonds is 2. The summed E-state index contributed by atoms with van der Waals surface area (Å²) in [6.07, 6.45) is 3.63. The lowest BCUT2D eigenvalue weighted by atomic mass is 9.74. The van der Waals surface area contributed by atoms with Crippen LogP contribution in [0.3, 0.4) is 0 Å². The summed E-state index contributed by atoms with van der Waals surface area (Å²) in [6, 6.07) is 10.6. The predicted octanol–water partition coefficient (Wildman–Crippen LogP) is 4.55. The Morgan fingerprint density at radius 3 is 2.62 bits per heavy atom. The van der Waals surface area contributed by atoms with Gasteiger partial charge in [-0.25, -0.2) is 8.78 Å². The summed E-state index contributed by atoms with van der Waals surface area (Å²) < 4.78 is 26.8. The quantitative estimate of drug-likeness (QED) is 0.665. The minimum Gasteiger partial charge on any atom is -0.380 e. The minimum atomic E-state index is -1.02. The first-order valence-corrected chi connectivity index (χ1v) is 8.42. The van der Waals surface area contributed by atoms with Gasteiger partial charge in [0.15, 0.2) is 17.4 Å². The van der Waals surface area contributed by atoms with Gasteiger partial charge >= 0.3 is 0 Å². The first-order chi connectivity index (χ1) is 12.4. The first kappa shape index (κ1) is 16.5. The number of Topliss-reactive ketones (excluding diaryl/α,β-unsaturated/α-hetero) is 1. The molecule has 5 heteroatoms. The summed E-state index contributed by atoms with van der Waals surface area (Å²) in [5, 5.41) is 4.18. The molecule has 2 aromatic carbocycles. The lowest BCUT2D eigenvalue weighted by molar-refractivity contribution is 0.0911. The molecule has 0 bridgehead atoms. The van der Waals surface area contributed by atoms with Gasteiger partial charge in [-0.05, 0) is 42.1 Å². The lowest BCUT2D eigenvalue weighted by Gasteiger charge is -2.33. The average molecular weight is 352 g/mol. The molecule has 2 N–H and O–H groups in total. The van der Waals surface area contributed by atoms with Crippen molar-refractivity contribution in [2.24, 2.45) is 0 Å². The van der Waals surface area contributed by atoms with Crippen LogP contribution in [0.25, 0.3) is 17.0 Å². The van der Waals surface area contributed by atoms with E-state index in [0.29, 0.717) is 0 Å². The number of para-hydroxylation sites is 1. The number of carbonyl (C=O) groups is 1. The van der Waals surface area contributed by atoms with E-state index in [1.165, 1.54) is 6.07 Å². The van der Waals surface area contributed by atoms with Crippen LogP contribution in [0.4, 0.5) is 8.78 Å². The van der Waals surface area contributed by atoms with Gasteiger partial charge in [-0.1, -0.05) is 32.0 Å². The molecule has 0 fully saturated rings. The van der Waals surface area contributed by atoms with Gasteiger partial charge in [0, 0.05) is 27.6 Å². The minimum absolute atomic E-state index is 0.145. The zero-order chi connectivity index (χ0) is 18.5. The zero-order valence-electron chi connectivity index (χ0n) is 14.4. The first-order valence-electron chi connectivity index (χ1n) is 8.42. The average Bonchev–Trinajstić information content (AvgIpc) is 2.93. The fourth-order valence-electron chi connectivity index (χ4n) is 3.78. The van der Waals surface area contributed by atoms with Crippen molar-refractivity contribution in [3.05, 3.63) is 77.1 Å². The van der Waals surface area contributed by atoms with Crippen LogP contribution in [0, 0.1) is 11.6 Å². The maximum Gasteiger partial charge on any atom is 0.185 e. The molecule has 4 rings (SSSR count). The highest BCUT2D eigenvalue weighted by molar-refractivity contribution is 6.02. The Labute approximate surface area is 149 Å². The Bertz CT molecular complexity index is 1050. The summed E-state index contributed by atoms with van der Waals surface area (Å²) in [4.78, 5) is 16.5. The Morgan fingerprint density at radius 1 is 1.08 bits per heavy atom. The van der Waals surface area contributed by atoms with Crippen molar-refractivity contribution in [1.29, 1.82) is 0 Å². The largest absolute Gasteiger partial charge is 0.380 e. The van der Waals surface area contributed by atoms with E-state index in [0.717, 1.165) is 34.3 Å². The van der Waals surface area contributed by atoms with Crippen LogP contribution < -0.4 is 5.32 Å². The van der Waals surface area contributed by atoms with Crippen molar-refractivity contribution >= 4 is 22.8 Å². The van der Waals surface area contributed by atoms with Gasteiger partial charge in [-0.2, -0.15) is 0 Å². The highest BCUT2D eigenvalue weighted by atomic mass is 19.2. The second-order valence-corrected chi connectivity index (χ2v) is 7.11. The van der Waals surface area contributed by atoms with Crippen molar-refractivity contribution in [1.82, 2.24) is 10.3 Å². The van der Waals surface area contributed by atoms with Crippen LogP contribution in [0.2, 0.25) is 0 Å². The number of benzene rings is 2. The molecule has 1 atom stereocenters. The molecule has 3 aromatic rings. The molecule has 132 valence electrons. The second kappa shape index (κ2) is 5.80. The summed E-state index contributed by atoms with van der Waals surface area (Å²) in [7, 11) is 0. The third kappa shape index (κ3) is 2.43. The molecule has 1 unspecified atom stereocenters. The van der Waals surface area contributed by atoms with Gasteiger partial charge in [-0.3, -0.25) is 4.79 Å². The predicted molar refractivity (Wildman–Crippen MR) is 98.0 cm³/mol. The van der Waals surface area contributed by atoms with Gasteiger partial charge < -0.3 is 10.3 Å². The number of aromatic nitrogens is 1. The van der Waals surface area contributed by atoms with E-state index in [1.54, 1.807) is 6.20 Å². The maximum absolute atomic E-state index is 13.6. The number of hydrogen-bond donors (Lipinski definition) is 2. The third-order valence-corrected chi connectivity index (χ3v) is 5.08. The van der Waals surface area contributed by atoms with Crippen molar-refractivity contribution in [3.8, 4) is 0 Å². The molecule has 1 aromatic heterocycles. The molecule has 0 saturated heterocycles. The molecule has 0 saturated carbocycles. The standard InChI is InChI=1S/C21H18F2N2O/c1-21(2)18-13-5-3-4-6-16(13)25-17(18)9-10-24-20(21)19(26)12-7-8-14(22)15(23)11-12/h3-11,20,24-25H,1-2H3. The molecule has 0 radical (unpaired) electrons. The third-order valence-electron chi connectivity index (χ3n) is 5.08. The molecule has 0 spiro atoms. The molecular weight excluding hydrogens is 334 g/mol. The van der Waals surface area contributed by atoms with Gasteiger partial charge in [0.25, 0.3) is 0 Å². The molecule has 2 heterocycles. The van der Waals surface area contributed by atoms with Crippen molar-refractivity contribution < 1.29 is 13.6 Å².